The first-order valence-corrected chi connectivity index (χ1v) is 12.1. The zero-order valence-corrected chi connectivity index (χ0v) is 20.6. The summed E-state index contributed by atoms with van der Waals surface area (Å²) in [5.41, 5.74) is 3.32. The number of rotatable bonds is 11. The van der Waals surface area contributed by atoms with E-state index in [4.69, 9.17) is 9.47 Å². The standard InChI is InChI=1S/C29H33N3O3/c1-21(7-4-8-22-15-16-30-31-20-22)32-28(33)14-13-25-19-29(25,23-9-5-11-26(17-23)34-2)24-10-6-12-27(18-24)35-3/h5-6,9-18,20-21,25H,4,7-8,19H2,1-3H3,(H,32,33)/t21-,25-/m0/s1. The SMILES string of the molecule is COc1cccc(C2(c3cccc(OC)c3)C[C@@H]2C=CC(=O)N[C@@H](C)CCCc2ccnnc2)c1. The zero-order chi connectivity index (χ0) is 24.7. The third kappa shape index (κ3) is 5.88. The molecular weight excluding hydrogens is 438 g/mol. The van der Waals surface area contributed by atoms with Gasteiger partial charge < -0.3 is 14.8 Å². The van der Waals surface area contributed by atoms with Crippen LogP contribution in [-0.4, -0.2) is 36.4 Å². The Morgan fingerprint density at radius 2 is 1.77 bits per heavy atom. The smallest absolute Gasteiger partial charge is 0.243 e. The van der Waals surface area contributed by atoms with Gasteiger partial charge in [-0.05, 0) is 91.6 Å². The zero-order valence-electron chi connectivity index (χ0n) is 20.6. The molecule has 6 heteroatoms. The molecule has 2 aromatic carbocycles. The molecule has 0 saturated heterocycles. The van der Waals surface area contributed by atoms with Crippen molar-refractivity contribution in [1.82, 2.24) is 15.5 Å². The molecule has 4 rings (SSSR count). The fourth-order valence-corrected chi connectivity index (χ4v) is 4.80. The summed E-state index contributed by atoms with van der Waals surface area (Å²) < 4.78 is 11.0. The number of ether oxygens (including phenoxy) is 2. The van der Waals surface area contributed by atoms with Crippen molar-refractivity contribution in [3.63, 3.8) is 0 Å². The van der Waals surface area contributed by atoms with E-state index in [0.29, 0.717) is 0 Å². The van der Waals surface area contributed by atoms with Crippen LogP contribution in [0.3, 0.4) is 0 Å². The molecule has 1 aliphatic carbocycles. The van der Waals surface area contributed by atoms with E-state index in [0.717, 1.165) is 37.2 Å². The molecule has 1 aromatic heterocycles. The van der Waals surface area contributed by atoms with Gasteiger partial charge in [0.1, 0.15) is 11.5 Å². The first-order chi connectivity index (χ1) is 17.0. The summed E-state index contributed by atoms with van der Waals surface area (Å²) in [5, 5.41) is 10.8. The second-order valence-electron chi connectivity index (χ2n) is 9.16. The summed E-state index contributed by atoms with van der Waals surface area (Å²) in [7, 11) is 3.36. The highest BCUT2D eigenvalue weighted by molar-refractivity contribution is 5.87. The Balaban J connectivity index is 1.41. The van der Waals surface area contributed by atoms with Crippen molar-refractivity contribution in [2.24, 2.45) is 5.92 Å². The second kappa shape index (κ2) is 11.2. The Bertz CT molecular complexity index is 1120. The van der Waals surface area contributed by atoms with Crippen molar-refractivity contribution in [3.8, 4) is 11.5 Å². The number of carbonyl (C=O) groups is 1. The van der Waals surface area contributed by atoms with Gasteiger partial charge in [0.25, 0.3) is 0 Å². The monoisotopic (exact) mass is 471 g/mol. The van der Waals surface area contributed by atoms with Gasteiger partial charge in [0.15, 0.2) is 0 Å². The largest absolute Gasteiger partial charge is 0.497 e. The molecule has 0 bridgehead atoms. The van der Waals surface area contributed by atoms with E-state index in [-0.39, 0.29) is 23.3 Å². The van der Waals surface area contributed by atoms with Crippen LogP contribution in [0.15, 0.2) is 79.1 Å². The number of carbonyl (C=O) groups excluding carboxylic acids is 1. The molecule has 2 atom stereocenters. The van der Waals surface area contributed by atoms with Crippen LogP contribution in [0.4, 0.5) is 0 Å². The molecular formula is C29H33N3O3. The number of benzene rings is 2. The van der Waals surface area contributed by atoms with E-state index in [1.807, 2.05) is 43.3 Å². The van der Waals surface area contributed by atoms with E-state index in [2.05, 4.69) is 39.8 Å². The molecule has 1 heterocycles. The highest BCUT2D eigenvalue weighted by Gasteiger charge is 2.55. The molecule has 6 nitrogen and oxygen atoms in total. The molecule has 1 N–H and O–H groups in total. The van der Waals surface area contributed by atoms with Gasteiger partial charge in [0, 0.05) is 17.7 Å². The molecule has 0 aliphatic heterocycles. The Kier molecular flexibility index (Phi) is 7.80. The van der Waals surface area contributed by atoms with Gasteiger partial charge in [-0.25, -0.2) is 0 Å². The lowest BCUT2D eigenvalue weighted by Crippen LogP contribution is -2.31. The molecule has 0 spiro atoms. The normalized spacial score (nSPS) is 17.1. The van der Waals surface area contributed by atoms with Crippen molar-refractivity contribution in [1.29, 1.82) is 0 Å². The van der Waals surface area contributed by atoms with Gasteiger partial charge >= 0.3 is 0 Å². The third-order valence-electron chi connectivity index (χ3n) is 6.80. The minimum atomic E-state index is -0.204. The van der Waals surface area contributed by atoms with Gasteiger partial charge in [-0.15, -0.1) is 0 Å². The highest BCUT2D eigenvalue weighted by Crippen LogP contribution is 2.60. The third-order valence-corrected chi connectivity index (χ3v) is 6.80. The van der Waals surface area contributed by atoms with Gasteiger partial charge in [-0.1, -0.05) is 30.3 Å². The van der Waals surface area contributed by atoms with Gasteiger partial charge in [0.05, 0.1) is 20.4 Å². The van der Waals surface area contributed by atoms with Crippen molar-refractivity contribution in [2.45, 2.75) is 44.1 Å². The van der Waals surface area contributed by atoms with Gasteiger partial charge in [-0.3, -0.25) is 4.79 Å². The Hall–Kier alpha value is -3.67. The molecule has 0 radical (unpaired) electrons. The molecule has 35 heavy (non-hydrogen) atoms. The number of nitrogens with zero attached hydrogens (tertiary/aromatic N) is 2. The number of hydrogen-bond acceptors (Lipinski definition) is 5. The minimum absolute atomic E-state index is 0.0554. The van der Waals surface area contributed by atoms with Crippen molar-refractivity contribution in [3.05, 3.63) is 95.8 Å². The maximum absolute atomic E-state index is 12.6. The molecule has 0 unspecified atom stereocenters. The topological polar surface area (TPSA) is 73.3 Å². The highest BCUT2D eigenvalue weighted by atomic mass is 16.5. The molecule has 3 aromatic rings. The van der Waals surface area contributed by atoms with Crippen LogP contribution >= 0.6 is 0 Å². The summed E-state index contributed by atoms with van der Waals surface area (Å²) in [6.07, 6.45) is 11.0. The number of allylic oxidation sites excluding steroid dienone is 1. The van der Waals surface area contributed by atoms with Gasteiger partial charge in [0.2, 0.25) is 5.91 Å². The number of amides is 1. The van der Waals surface area contributed by atoms with E-state index in [1.165, 1.54) is 16.7 Å². The van der Waals surface area contributed by atoms with Crippen LogP contribution in [0, 0.1) is 5.92 Å². The number of hydrogen-bond donors (Lipinski definition) is 1. The minimum Gasteiger partial charge on any atom is -0.497 e. The van der Waals surface area contributed by atoms with E-state index < -0.39 is 0 Å². The lowest BCUT2D eigenvalue weighted by Gasteiger charge is -2.20. The molecule has 1 fully saturated rings. The number of aromatic nitrogens is 2. The Morgan fingerprint density at radius 1 is 1.09 bits per heavy atom. The average Bonchev–Trinajstić information content (AvgIpc) is 3.64. The van der Waals surface area contributed by atoms with Crippen molar-refractivity contribution in [2.75, 3.05) is 14.2 Å². The first-order valence-electron chi connectivity index (χ1n) is 12.1. The molecule has 1 aliphatic rings. The van der Waals surface area contributed by atoms with E-state index in [1.54, 1.807) is 32.7 Å². The Morgan fingerprint density at radius 3 is 2.37 bits per heavy atom. The van der Waals surface area contributed by atoms with Crippen LogP contribution in [0.1, 0.15) is 42.9 Å². The van der Waals surface area contributed by atoms with Crippen LogP contribution in [0.5, 0.6) is 11.5 Å². The lowest BCUT2D eigenvalue weighted by atomic mass is 9.85. The van der Waals surface area contributed by atoms with Crippen molar-refractivity contribution >= 4 is 5.91 Å². The van der Waals surface area contributed by atoms with Crippen LogP contribution < -0.4 is 14.8 Å². The summed E-state index contributed by atoms with van der Waals surface area (Å²) in [5.74, 6) is 1.81. The predicted molar refractivity (Wildman–Crippen MR) is 137 cm³/mol. The average molecular weight is 472 g/mol. The van der Waals surface area contributed by atoms with E-state index >= 15 is 0 Å². The molecule has 1 saturated carbocycles. The van der Waals surface area contributed by atoms with Crippen LogP contribution in [0.2, 0.25) is 0 Å². The summed E-state index contributed by atoms with van der Waals surface area (Å²) in [6.45, 7) is 2.05. The van der Waals surface area contributed by atoms with E-state index in [9.17, 15) is 4.79 Å². The number of methoxy groups -OCH3 is 2. The number of nitrogens with one attached hydrogen (secondary N) is 1. The lowest BCUT2D eigenvalue weighted by molar-refractivity contribution is -0.117. The predicted octanol–water partition coefficient (Wildman–Crippen LogP) is 4.88. The molecule has 182 valence electrons. The summed E-state index contributed by atoms with van der Waals surface area (Å²) >= 11 is 0. The first kappa shape index (κ1) is 24.5. The van der Waals surface area contributed by atoms with Crippen LogP contribution in [-0.2, 0) is 16.6 Å². The number of aryl methyl sites for hydroxylation is 1. The van der Waals surface area contributed by atoms with Crippen LogP contribution in [0.25, 0.3) is 0 Å². The summed E-state index contributed by atoms with van der Waals surface area (Å²) in [4.78, 5) is 12.6. The molecule has 1 amide bonds. The fourth-order valence-electron chi connectivity index (χ4n) is 4.80. The fraction of sp³-hybridized carbons (Fsp3) is 0.345. The van der Waals surface area contributed by atoms with Gasteiger partial charge in [-0.2, -0.15) is 10.2 Å². The second-order valence-corrected chi connectivity index (χ2v) is 9.16. The van der Waals surface area contributed by atoms with Crippen molar-refractivity contribution < 1.29 is 14.3 Å². The quantitative estimate of drug-likeness (QED) is 0.404. The maximum Gasteiger partial charge on any atom is 0.243 e. The Labute approximate surface area is 207 Å². The summed E-state index contributed by atoms with van der Waals surface area (Å²) in [6, 6.07) is 18.5. The maximum atomic E-state index is 12.6.